The van der Waals surface area contributed by atoms with E-state index in [0.29, 0.717) is 17.0 Å². The number of rotatable bonds is 7. The van der Waals surface area contributed by atoms with Crippen molar-refractivity contribution >= 4 is 34.5 Å². The van der Waals surface area contributed by atoms with Gasteiger partial charge in [0.25, 0.3) is 11.8 Å². The Labute approximate surface area is 203 Å². The quantitative estimate of drug-likeness (QED) is 0.378. The number of amides is 2. The van der Waals surface area contributed by atoms with Crippen LogP contribution in [0.5, 0.6) is 0 Å². The molecule has 0 saturated heterocycles. The molecule has 2 heterocycles. The first kappa shape index (κ1) is 21.9. The zero-order valence-electron chi connectivity index (χ0n) is 18.7. The lowest BCUT2D eigenvalue weighted by molar-refractivity contribution is 0.0953. The van der Waals surface area contributed by atoms with Crippen LogP contribution in [0.25, 0.3) is 0 Å². The Morgan fingerprint density at radius 1 is 0.853 bits per heavy atom. The summed E-state index contributed by atoms with van der Waals surface area (Å²) in [4.78, 5) is 28.1. The van der Waals surface area contributed by atoms with Crippen LogP contribution in [0, 0.1) is 0 Å². The van der Waals surface area contributed by atoms with Crippen LogP contribution >= 0.6 is 11.3 Å². The van der Waals surface area contributed by atoms with Gasteiger partial charge in [-0.2, -0.15) is 0 Å². The monoisotopic (exact) mass is 467 g/mol. The first-order valence-electron chi connectivity index (χ1n) is 11.3. The fourth-order valence-electron chi connectivity index (χ4n) is 4.20. The number of hydrogen-bond donors (Lipinski definition) is 2. The van der Waals surface area contributed by atoms with Crippen molar-refractivity contribution in [2.45, 2.75) is 19.5 Å². The van der Waals surface area contributed by atoms with Gasteiger partial charge in [0.15, 0.2) is 0 Å². The maximum atomic E-state index is 12.9. The molecule has 0 saturated carbocycles. The van der Waals surface area contributed by atoms with Gasteiger partial charge < -0.3 is 15.5 Å². The fourth-order valence-corrected chi connectivity index (χ4v) is 4.84. The lowest BCUT2D eigenvalue weighted by Gasteiger charge is -2.21. The molecule has 4 aromatic rings. The molecule has 170 valence electrons. The first-order valence-corrected chi connectivity index (χ1v) is 12.2. The third kappa shape index (κ3) is 4.87. The summed E-state index contributed by atoms with van der Waals surface area (Å²) in [6.07, 6.45) is 1.05. The minimum Gasteiger partial charge on any atom is -0.367 e. The Morgan fingerprint density at radius 3 is 2.47 bits per heavy atom. The first-order chi connectivity index (χ1) is 16.7. The predicted octanol–water partition coefficient (Wildman–Crippen LogP) is 5.49. The summed E-state index contributed by atoms with van der Waals surface area (Å²) < 4.78 is 0. The highest BCUT2D eigenvalue weighted by atomic mass is 32.1. The summed E-state index contributed by atoms with van der Waals surface area (Å²) in [7, 11) is 0. The number of carbonyl (C=O) groups is 2. The van der Waals surface area contributed by atoms with Gasteiger partial charge in [0.05, 0.1) is 4.88 Å². The summed E-state index contributed by atoms with van der Waals surface area (Å²) in [6, 6.07) is 27.4. The Morgan fingerprint density at radius 2 is 1.65 bits per heavy atom. The van der Waals surface area contributed by atoms with Crippen molar-refractivity contribution in [1.29, 1.82) is 0 Å². The summed E-state index contributed by atoms with van der Waals surface area (Å²) in [5, 5.41) is 7.86. The fraction of sp³-hybridized carbons (Fsp3) is 0.143. The van der Waals surface area contributed by atoms with Gasteiger partial charge >= 0.3 is 0 Å². The highest BCUT2D eigenvalue weighted by Gasteiger charge is 2.19. The highest BCUT2D eigenvalue weighted by molar-refractivity contribution is 7.12. The van der Waals surface area contributed by atoms with Crippen molar-refractivity contribution in [1.82, 2.24) is 5.32 Å². The number of nitrogens with zero attached hydrogens (tertiary/aromatic N) is 1. The second kappa shape index (κ2) is 9.93. The van der Waals surface area contributed by atoms with E-state index < -0.39 is 0 Å². The van der Waals surface area contributed by atoms with E-state index in [1.807, 2.05) is 41.8 Å². The molecule has 0 spiro atoms. The number of thiophene rings is 1. The van der Waals surface area contributed by atoms with E-state index in [1.165, 1.54) is 22.6 Å². The number of nitrogens with one attached hydrogen (secondary N) is 2. The summed E-state index contributed by atoms with van der Waals surface area (Å²) in [5.74, 6) is -0.238. The molecule has 0 fully saturated rings. The number of para-hydroxylation sites is 2. The number of fused-ring (bicyclic) bond motifs is 1. The minimum absolute atomic E-state index is 0.0888. The normalized spacial score (nSPS) is 12.3. The maximum absolute atomic E-state index is 12.9. The molecule has 5 rings (SSSR count). The third-order valence-electron chi connectivity index (χ3n) is 6.02. The SMILES string of the molecule is O=C(Nc1ccccc1CN1CCc2ccccc21)c1ccc(CNC(=O)c2cccs2)cc1. The smallest absolute Gasteiger partial charge is 0.261 e. The second-order valence-electron chi connectivity index (χ2n) is 8.27. The van der Waals surface area contributed by atoms with Crippen molar-refractivity contribution in [3.05, 3.63) is 117 Å². The molecule has 2 amide bonds. The Bertz CT molecular complexity index is 1300. The number of hydrogen-bond acceptors (Lipinski definition) is 4. The van der Waals surface area contributed by atoms with Crippen LogP contribution in [0.2, 0.25) is 0 Å². The van der Waals surface area contributed by atoms with Gasteiger partial charge in [0.1, 0.15) is 0 Å². The molecule has 1 aliphatic heterocycles. The van der Waals surface area contributed by atoms with Gasteiger partial charge in [0, 0.05) is 36.6 Å². The standard InChI is InChI=1S/C28H25N3O2S/c32-27(22-13-11-20(12-14-22)18-29-28(33)26-10-5-17-34-26)30-24-8-3-1-7-23(24)19-31-16-15-21-6-2-4-9-25(21)31/h1-14,17H,15-16,18-19H2,(H,29,33)(H,30,32). The van der Waals surface area contributed by atoms with E-state index in [1.54, 1.807) is 18.2 Å². The van der Waals surface area contributed by atoms with Crippen LogP contribution in [0.3, 0.4) is 0 Å². The summed E-state index contributed by atoms with van der Waals surface area (Å²) in [5.41, 5.74) is 6.06. The van der Waals surface area contributed by atoms with Gasteiger partial charge in [-0.15, -0.1) is 11.3 Å². The molecule has 34 heavy (non-hydrogen) atoms. The molecular formula is C28H25N3O2S. The van der Waals surface area contributed by atoms with Crippen molar-refractivity contribution in [3.63, 3.8) is 0 Å². The molecule has 0 radical (unpaired) electrons. The molecule has 6 heteroatoms. The van der Waals surface area contributed by atoms with Crippen LogP contribution in [0.15, 0.2) is 90.3 Å². The lowest BCUT2D eigenvalue weighted by Crippen LogP contribution is -2.22. The molecule has 0 atom stereocenters. The number of benzene rings is 3. The maximum Gasteiger partial charge on any atom is 0.261 e. The number of anilines is 2. The topological polar surface area (TPSA) is 61.4 Å². The van der Waals surface area contributed by atoms with E-state index in [2.05, 4.69) is 45.9 Å². The van der Waals surface area contributed by atoms with E-state index in [9.17, 15) is 9.59 Å². The Kier molecular flexibility index (Phi) is 6.40. The summed E-state index contributed by atoms with van der Waals surface area (Å²) in [6.45, 7) is 2.14. The number of carbonyl (C=O) groups excluding carboxylic acids is 2. The van der Waals surface area contributed by atoms with Crippen LogP contribution in [-0.2, 0) is 19.5 Å². The Balaban J connectivity index is 1.22. The average Bonchev–Trinajstić information content (AvgIpc) is 3.55. The predicted molar refractivity (Wildman–Crippen MR) is 138 cm³/mol. The molecule has 0 unspecified atom stereocenters. The van der Waals surface area contributed by atoms with E-state index >= 15 is 0 Å². The molecule has 2 N–H and O–H groups in total. The van der Waals surface area contributed by atoms with Gasteiger partial charge in [-0.1, -0.05) is 54.6 Å². The van der Waals surface area contributed by atoms with E-state index in [-0.39, 0.29) is 11.8 Å². The van der Waals surface area contributed by atoms with Crippen molar-refractivity contribution in [3.8, 4) is 0 Å². The van der Waals surface area contributed by atoms with E-state index in [4.69, 9.17) is 0 Å². The van der Waals surface area contributed by atoms with E-state index in [0.717, 1.165) is 36.3 Å². The molecular weight excluding hydrogens is 442 g/mol. The molecule has 1 aliphatic rings. The molecule has 0 bridgehead atoms. The third-order valence-corrected chi connectivity index (χ3v) is 6.89. The zero-order valence-corrected chi connectivity index (χ0v) is 19.5. The van der Waals surface area contributed by atoms with Crippen molar-refractivity contribution < 1.29 is 9.59 Å². The lowest BCUT2D eigenvalue weighted by atomic mass is 10.1. The van der Waals surface area contributed by atoms with Gasteiger partial charge in [-0.25, -0.2) is 0 Å². The van der Waals surface area contributed by atoms with Gasteiger partial charge in [-0.05, 0) is 58.8 Å². The van der Waals surface area contributed by atoms with Crippen LogP contribution in [-0.4, -0.2) is 18.4 Å². The van der Waals surface area contributed by atoms with Crippen LogP contribution in [0.1, 0.15) is 36.7 Å². The van der Waals surface area contributed by atoms with Gasteiger partial charge in [0.2, 0.25) is 0 Å². The van der Waals surface area contributed by atoms with Gasteiger partial charge in [-0.3, -0.25) is 9.59 Å². The molecule has 3 aromatic carbocycles. The average molecular weight is 468 g/mol. The minimum atomic E-state index is -0.150. The van der Waals surface area contributed by atoms with Crippen LogP contribution < -0.4 is 15.5 Å². The van der Waals surface area contributed by atoms with Crippen LogP contribution in [0.4, 0.5) is 11.4 Å². The summed E-state index contributed by atoms with van der Waals surface area (Å²) >= 11 is 1.41. The zero-order chi connectivity index (χ0) is 23.3. The second-order valence-corrected chi connectivity index (χ2v) is 9.22. The molecule has 1 aromatic heterocycles. The Hall–Kier alpha value is -3.90. The largest absolute Gasteiger partial charge is 0.367 e. The van der Waals surface area contributed by atoms with Crippen molar-refractivity contribution in [2.75, 3.05) is 16.8 Å². The highest BCUT2D eigenvalue weighted by Crippen LogP contribution is 2.30. The molecule has 0 aliphatic carbocycles. The molecule has 5 nitrogen and oxygen atoms in total. The van der Waals surface area contributed by atoms with Crippen molar-refractivity contribution in [2.24, 2.45) is 0 Å².